The molecule has 0 aliphatic heterocycles. The van der Waals surface area contributed by atoms with E-state index in [2.05, 4.69) is 31.2 Å². The van der Waals surface area contributed by atoms with Crippen LogP contribution in [0.5, 0.6) is 0 Å². The van der Waals surface area contributed by atoms with Crippen molar-refractivity contribution >= 4 is 27.5 Å². The zero-order valence-corrected chi connectivity index (χ0v) is 13.5. The van der Waals surface area contributed by atoms with Crippen molar-refractivity contribution in [2.75, 3.05) is 0 Å². The molecule has 3 rings (SSSR count). The minimum atomic E-state index is 0.165. The summed E-state index contributed by atoms with van der Waals surface area (Å²) in [6.45, 7) is 2.43. The molecule has 21 heavy (non-hydrogen) atoms. The second-order valence-corrected chi connectivity index (χ2v) is 6.40. The predicted octanol–water partition coefficient (Wildman–Crippen LogP) is 4.09. The van der Waals surface area contributed by atoms with Gasteiger partial charge in [0.2, 0.25) is 5.89 Å². The van der Waals surface area contributed by atoms with Crippen LogP contribution in [0.4, 0.5) is 0 Å². The molecule has 0 amide bonds. The van der Waals surface area contributed by atoms with E-state index in [0.717, 1.165) is 11.3 Å². The Kier molecular flexibility index (Phi) is 4.07. The predicted molar refractivity (Wildman–Crippen MR) is 83.4 cm³/mol. The average molecular weight is 368 g/mol. The van der Waals surface area contributed by atoms with Crippen molar-refractivity contribution in [3.63, 3.8) is 0 Å². The van der Waals surface area contributed by atoms with Crippen LogP contribution in [0.1, 0.15) is 23.3 Å². The van der Waals surface area contributed by atoms with E-state index in [9.17, 15) is 0 Å². The highest BCUT2D eigenvalue weighted by atomic mass is 79.9. The summed E-state index contributed by atoms with van der Waals surface area (Å²) in [5, 5.41) is 8.78. The first-order valence-electron chi connectivity index (χ1n) is 6.36. The second kappa shape index (κ2) is 5.99. The highest BCUT2D eigenvalue weighted by Gasteiger charge is 2.10. The van der Waals surface area contributed by atoms with Crippen molar-refractivity contribution in [2.24, 2.45) is 0 Å². The van der Waals surface area contributed by atoms with Gasteiger partial charge in [-0.2, -0.15) is 0 Å². The van der Waals surface area contributed by atoms with Crippen LogP contribution in [-0.4, -0.2) is 20.0 Å². The molecule has 0 radical (unpaired) electrons. The summed E-state index contributed by atoms with van der Waals surface area (Å²) in [6, 6.07) is 7.46. The summed E-state index contributed by atoms with van der Waals surface area (Å²) in [4.78, 5) is 4.43. The van der Waals surface area contributed by atoms with Crippen molar-refractivity contribution in [2.45, 2.75) is 18.3 Å². The number of halogens is 2. The van der Waals surface area contributed by atoms with Crippen LogP contribution >= 0.6 is 27.5 Å². The Bertz CT molecular complexity index is 753. The lowest BCUT2D eigenvalue weighted by Crippen LogP contribution is -2.00. The van der Waals surface area contributed by atoms with Crippen LogP contribution in [-0.2, 0) is 6.54 Å². The summed E-state index contributed by atoms with van der Waals surface area (Å²) in [5.74, 6) is 1.25. The molecule has 0 fully saturated rings. The summed E-state index contributed by atoms with van der Waals surface area (Å²) < 4.78 is 7.42. The van der Waals surface area contributed by atoms with Gasteiger partial charge in [-0.25, -0.2) is 9.67 Å². The van der Waals surface area contributed by atoms with E-state index >= 15 is 0 Å². The lowest BCUT2D eigenvalue weighted by atomic mass is 10.2. The molecule has 5 nitrogen and oxygen atoms in total. The summed E-state index contributed by atoms with van der Waals surface area (Å²) >= 11 is 9.43. The van der Waals surface area contributed by atoms with Gasteiger partial charge in [0.05, 0.1) is 22.9 Å². The first-order valence-corrected chi connectivity index (χ1v) is 7.66. The number of rotatable bonds is 4. The van der Waals surface area contributed by atoms with E-state index < -0.39 is 0 Å². The molecular weight excluding hydrogens is 356 g/mol. The van der Waals surface area contributed by atoms with Crippen molar-refractivity contribution in [1.82, 2.24) is 20.0 Å². The fourth-order valence-corrected chi connectivity index (χ4v) is 2.27. The second-order valence-electron chi connectivity index (χ2n) is 4.59. The fraction of sp³-hybridized carbons (Fsp3) is 0.214. The number of oxazole rings is 1. The molecule has 0 aliphatic rings. The summed E-state index contributed by atoms with van der Waals surface area (Å²) in [6.07, 6.45) is 3.55. The van der Waals surface area contributed by atoms with Gasteiger partial charge in [-0.05, 0) is 19.1 Å². The Morgan fingerprint density at radius 2 is 2.29 bits per heavy atom. The maximum Gasteiger partial charge on any atom is 0.216 e. The van der Waals surface area contributed by atoms with Gasteiger partial charge < -0.3 is 4.42 Å². The Balaban J connectivity index is 1.78. The van der Waals surface area contributed by atoms with Crippen LogP contribution < -0.4 is 0 Å². The highest BCUT2D eigenvalue weighted by molar-refractivity contribution is 9.09. The van der Waals surface area contributed by atoms with Gasteiger partial charge in [-0.3, -0.25) is 0 Å². The molecule has 0 aliphatic carbocycles. The molecule has 0 bridgehead atoms. The van der Waals surface area contributed by atoms with E-state index in [1.54, 1.807) is 10.9 Å². The quantitative estimate of drug-likeness (QED) is 0.652. The lowest BCUT2D eigenvalue weighted by molar-refractivity contribution is 0.469. The third-order valence-electron chi connectivity index (χ3n) is 2.92. The maximum absolute atomic E-state index is 5.97. The first kappa shape index (κ1) is 14.3. The van der Waals surface area contributed by atoms with Gasteiger partial charge in [-0.15, -0.1) is 5.10 Å². The van der Waals surface area contributed by atoms with E-state index in [4.69, 9.17) is 16.0 Å². The number of benzene rings is 1. The number of aromatic nitrogens is 4. The fourth-order valence-electron chi connectivity index (χ4n) is 1.87. The third-order valence-corrected chi connectivity index (χ3v) is 3.63. The Hall–Kier alpha value is -1.66. The van der Waals surface area contributed by atoms with Crippen LogP contribution in [0.15, 0.2) is 41.1 Å². The Labute approximate surface area is 135 Å². The molecule has 2 aromatic heterocycles. The molecular formula is C14H12BrClN4O. The molecule has 1 unspecified atom stereocenters. The van der Waals surface area contributed by atoms with Gasteiger partial charge in [0.1, 0.15) is 6.54 Å². The highest BCUT2D eigenvalue weighted by Crippen LogP contribution is 2.24. The molecule has 0 saturated heterocycles. The monoisotopic (exact) mass is 366 g/mol. The smallest absolute Gasteiger partial charge is 0.216 e. The van der Waals surface area contributed by atoms with Gasteiger partial charge >= 0.3 is 0 Å². The van der Waals surface area contributed by atoms with Crippen LogP contribution in [0.3, 0.4) is 0 Å². The molecule has 108 valence electrons. The first-order chi connectivity index (χ1) is 10.1. The Morgan fingerprint density at radius 1 is 1.43 bits per heavy atom. The minimum Gasteiger partial charge on any atom is -0.439 e. The van der Waals surface area contributed by atoms with Gasteiger partial charge in [0, 0.05) is 10.6 Å². The molecule has 1 aromatic carbocycles. The van der Waals surface area contributed by atoms with E-state index in [0.29, 0.717) is 23.2 Å². The standard InChI is InChI=1S/C14H12BrClN4O/c1-9(15)12-7-20(19-18-12)8-14-17-6-13(21-14)10-3-2-4-11(16)5-10/h2-7,9H,8H2,1H3. The van der Waals surface area contributed by atoms with Gasteiger partial charge in [-0.1, -0.05) is 44.9 Å². The SMILES string of the molecule is CC(Br)c1cn(Cc2ncc(-c3cccc(Cl)c3)o2)nn1. The average Bonchev–Trinajstić information content (AvgIpc) is 3.08. The summed E-state index contributed by atoms with van der Waals surface area (Å²) in [5.41, 5.74) is 1.77. The number of nitrogens with zero attached hydrogens (tertiary/aromatic N) is 4. The molecule has 2 heterocycles. The zero-order chi connectivity index (χ0) is 14.8. The van der Waals surface area contributed by atoms with Crippen LogP contribution in [0.2, 0.25) is 5.02 Å². The molecule has 1 atom stereocenters. The summed E-state index contributed by atoms with van der Waals surface area (Å²) in [7, 11) is 0. The molecule has 3 aromatic rings. The van der Waals surface area contributed by atoms with Gasteiger partial charge in [0.25, 0.3) is 0 Å². The number of alkyl halides is 1. The largest absolute Gasteiger partial charge is 0.439 e. The maximum atomic E-state index is 5.97. The van der Waals surface area contributed by atoms with E-state index in [1.807, 2.05) is 37.4 Å². The van der Waals surface area contributed by atoms with E-state index in [1.165, 1.54) is 0 Å². The van der Waals surface area contributed by atoms with Crippen LogP contribution in [0.25, 0.3) is 11.3 Å². The van der Waals surface area contributed by atoms with Crippen molar-refractivity contribution in [1.29, 1.82) is 0 Å². The molecule has 0 spiro atoms. The molecule has 7 heteroatoms. The molecule has 0 N–H and O–H groups in total. The van der Waals surface area contributed by atoms with Crippen molar-refractivity contribution < 1.29 is 4.42 Å². The van der Waals surface area contributed by atoms with Crippen molar-refractivity contribution in [3.8, 4) is 11.3 Å². The number of hydrogen-bond acceptors (Lipinski definition) is 4. The van der Waals surface area contributed by atoms with Gasteiger partial charge in [0.15, 0.2) is 5.76 Å². The van der Waals surface area contributed by atoms with E-state index in [-0.39, 0.29) is 4.83 Å². The minimum absolute atomic E-state index is 0.165. The zero-order valence-electron chi connectivity index (χ0n) is 11.2. The molecule has 0 saturated carbocycles. The normalized spacial score (nSPS) is 12.5. The number of hydrogen-bond donors (Lipinski definition) is 0. The lowest BCUT2D eigenvalue weighted by Gasteiger charge is -1.97. The Morgan fingerprint density at radius 3 is 3.00 bits per heavy atom. The topological polar surface area (TPSA) is 56.7 Å². The van der Waals surface area contributed by atoms with Crippen molar-refractivity contribution in [3.05, 3.63) is 53.3 Å². The van der Waals surface area contributed by atoms with Crippen LogP contribution in [0, 0.1) is 0 Å². The third kappa shape index (κ3) is 3.33.